The predicted octanol–water partition coefficient (Wildman–Crippen LogP) is 1.84. The van der Waals surface area contributed by atoms with Crippen LogP contribution in [-0.4, -0.2) is 43.0 Å². The van der Waals surface area contributed by atoms with Gasteiger partial charge in [0.05, 0.1) is 18.6 Å². The van der Waals surface area contributed by atoms with Gasteiger partial charge in [0, 0.05) is 31.6 Å². The van der Waals surface area contributed by atoms with Gasteiger partial charge in [-0.1, -0.05) is 29.8 Å². The Morgan fingerprint density at radius 2 is 2.23 bits per heavy atom. The van der Waals surface area contributed by atoms with Crippen LogP contribution < -0.4 is 5.32 Å². The number of hydrogen-bond acceptors (Lipinski definition) is 3. The van der Waals surface area contributed by atoms with Crippen molar-refractivity contribution in [1.82, 2.24) is 10.2 Å². The molecule has 2 atom stereocenters. The van der Waals surface area contributed by atoms with Crippen molar-refractivity contribution >= 4 is 23.4 Å². The number of benzene rings is 1. The predicted molar refractivity (Wildman–Crippen MR) is 84.5 cm³/mol. The lowest BCUT2D eigenvalue weighted by molar-refractivity contribution is -0.130. The summed E-state index contributed by atoms with van der Waals surface area (Å²) < 4.78 is 5.07. The molecule has 0 radical (unpaired) electrons. The minimum atomic E-state index is -0.311. The number of methoxy groups -OCH3 is 1. The third-order valence-corrected chi connectivity index (χ3v) is 4.25. The molecule has 2 rings (SSSR count). The largest absolute Gasteiger partial charge is 0.383 e. The number of carbonyl (C=O) groups excluding carboxylic acids is 2. The van der Waals surface area contributed by atoms with E-state index in [0.29, 0.717) is 24.7 Å². The molecule has 0 bridgehead atoms. The van der Waals surface area contributed by atoms with Gasteiger partial charge in [0.25, 0.3) is 0 Å². The highest BCUT2D eigenvalue weighted by molar-refractivity contribution is 6.31. The Bertz CT molecular complexity index is 550. The van der Waals surface area contributed by atoms with Gasteiger partial charge in [-0.2, -0.15) is 0 Å². The van der Waals surface area contributed by atoms with Gasteiger partial charge in [-0.25, -0.2) is 0 Å². The number of likely N-dealkylation sites (tertiary alicyclic amines) is 1. The fourth-order valence-corrected chi connectivity index (χ4v) is 2.84. The summed E-state index contributed by atoms with van der Waals surface area (Å²) >= 11 is 6.06. The molecule has 0 saturated carbocycles. The van der Waals surface area contributed by atoms with Crippen LogP contribution in [0.5, 0.6) is 0 Å². The first-order valence-corrected chi connectivity index (χ1v) is 7.70. The molecule has 120 valence electrons. The summed E-state index contributed by atoms with van der Waals surface area (Å²) in [4.78, 5) is 26.0. The van der Waals surface area contributed by atoms with E-state index in [2.05, 4.69) is 5.32 Å². The normalized spacial score (nSPS) is 19.3. The third kappa shape index (κ3) is 3.99. The monoisotopic (exact) mass is 324 g/mol. The van der Waals surface area contributed by atoms with E-state index in [1.165, 1.54) is 0 Å². The SMILES string of the molecule is COC[C@@H](C)N1C[C@@H](C(=O)NCc2ccccc2Cl)CC1=O. The Balaban J connectivity index is 1.89. The summed E-state index contributed by atoms with van der Waals surface area (Å²) in [6.45, 7) is 3.21. The van der Waals surface area contributed by atoms with Gasteiger partial charge >= 0.3 is 0 Å². The van der Waals surface area contributed by atoms with Crippen LogP contribution in [0.3, 0.4) is 0 Å². The average molecular weight is 325 g/mol. The highest BCUT2D eigenvalue weighted by atomic mass is 35.5. The summed E-state index contributed by atoms with van der Waals surface area (Å²) in [7, 11) is 1.60. The molecule has 1 fully saturated rings. The fourth-order valence-electron chi connectivity index (χ4n) is 2.63. The number of amides is 2. The zero-order chi connectivity index (χ0) is 16.1. The molecule has 1 heterocycles. The van der Waals surface area contributed by atoms with Crippen LogP contribution in [0.15, 0.2) is 24.3 Å². The van der Waals surface area contributed by atoms with Crippen LogP contribution in [0.25, 0.3) is 0 Å². The number of ether oxygens (including phenoxy) is 1. The van der Waals surface area contributed by atoms with E-state index in [-0.39, 0.29) is 30.2 Å². The standard InChI is InChI=1S/C16H21ClN2O3/c1-11(10-22-2)19-9-13(7-15(19)20)16(21)18-8-12-5-3-4-6-14(12)17/h3-6,11,13H,7-10H2,1-2H3,(H,18,21)/t11-,13+/m1/s1. The van der Waals surface area contributed by atoms with E-state index in [4.69, 9.17) is 16.3 Å². The van der Waals surface area contributed by atoms with Gasteiger partial charge in [0.2, 0.25) is 11.8 Å². The van der Waals surface area contributed by atoms with Crippen LogP contribution >= 0.6 is 11.6 Å². The molecule has 2 amide bonds. The first-order chi connectivity index (χ1) is 10.5. The second kappa shape index (κ2) is 7.61. The quantitative estimate of drug-likeness (QED) is 0.868. The molecule has 0 aromatic heterocycles. The summed E-state index contributed by atoms with van der Waals surface area (Å²) in [5.74, 6) is -0.419. The molecule has 1 aromatic carbocycles. The van der Waals surface area contributed by atoms with Crippen molar-refractivity contribution < 1.29 is 14.3 Å². The minimum absolute atomic E-state index is 0.00226. The van der Waals surface area contributed by atoms with Gasteiger partial charge in [-0.15, -0.1) is 0 Å². The zero-order valence-electron chi connectivity index (χ0n) is 12.8. The molecule has 6 heteroatoms. The maximum absolute atomic E-state index is 12.2. The third-order valence-electron chi connectivity index (χ3n) is 3.88. The smallest absolute Gasteiger partial charge is 0.225 e. The van der Waals surface area contributed by atoms with Crippen LogP contribution in [0.4, 0.5) is 0 Å². The second-order valence-electron chi connectivity index (χ2n) is 5.56. The first-order valence-electron chi connectivity index (χ1n) is 7.32. The Morgan fingerprint density at radius 3 is 2.91 bits per heavy atom. The topological polar surface area (TPSA) is 58.6 Å². The Morgan fingerprint density at radius 1 is 1.50 bits per heavy atom. The lowest BCUT2D eigenvalue weighted by Gasteiger charge is -2.23. The molecule has 0 unspecified atom stereocenters. The number of rotatable bonds is 6. The number of hydrogen-bond donors (Lipinski definition) is 1. The highest BCUT2D eigenvalue weighted by Gasteiger charge is 2.36. The van der Waals surface area contributed by atoms with Gasteiger partial charge in [0.1, 0.15) is 0 Å². The van der Waals surface area contributed by atoms with Crippen LogP contribution in [0.1, 0.15) is 18.9 Å². The van der Waals surface area contributed by atoms with Crippen LogP contribution in [-0.2, 0) is 20.9 Å². The van der Waals surface area contributed by atoms with Crippen molar-refractivity contribution in [2.24, 2.45) is 5.92 Å². The van der Waals surface area contributed by atoms with Crippen LogP contribution in [0.2, 0.25) is 5.02 Å². The Hall–Kier alpha value is -1.59. The fraction of sp³-hybridized carbons (Fsp3) is 0.500. The molecule has 1 aromatic rings. The summed E-state index contributed by atoms with van der Waals surface area (Å²) in [6, 6.07) is 7.36. The Labute approximate surface area is 135 Å². The zero-order valence-corrected chi connectivity index (χ0v) is 13.6. The average Bonchev–Trinajstić information content (AvgIpc) is 2.88. The maximum atomic E-state index is 12.2. The number of nitrogens with one attached hydrogen (secondary N) is 1. The van der Waals surface area contributed by atoms with E-state index < -0.39 is 0 Å². The van der Waals surface area contributed by atoms with Crippen molar-refractivity contribution in [2.75, 3.05) is 20.3 Å². The van der Waals surface area contributed by atoms with Gasteiger partial charge in [0.15, 0.2) is 0 Å². The van der Waals surface area contributed by atoms with Crippen molar-refractivity contribution in [1.29, 1.82) is 0 Å². The molecular weight excluding hydrogens is 304 g/mol. The number of halogens is 1. The van der Waals surface area contributed by atoms with Crippen molar-refractivity contribution in [2.45, 2.75) is 25.9 Å². The summed E-state index contributed by atoms with van der Waals surface area (Å²) in [5, 5.41) is 3.49. The molecule has 1 aliphatic rings. The molecular formula is C16H21ClN2O3. The van der Waals surface area contributed by atoms with E-state index >= 15 is 0 Å². The van der Waals surface area contributed by atoms with E-state index in [9.17, 15) is 9.59 Å². The van der Waals surface area contributed by atoms with Gasteiger partial charge < -0.3 is 15.0 Å². The molecule has 5 nitrogen and oxygen atoms in total. The van der Waals surface area contributed by atoms with Gasteiger partial charge in [-0.05, 0) is 18.6 Å². The lowest BCUT2D eigenvalue weighted by Crippen LogP contribution is -2.38. The first kappa shape index (κ1) is 16.8. The summed E-state index contributed by atoms with van der Waals surface area (Å²) in [5.41, 5.74) is 0.867. The number of nitrogens with zero attached hydrogens (tertiary/aromatic N) is 1. The molecule has 22 heavy (non-hydrogen) atoms. The van der Waals surface area contributed by atoms with Crippen molar-refractivity contribution in [3.8, 4) is 0 Å². The molecule has 1 aliphatic heterocycles. The molecule has 1 N–H and O–H groups in total. The Kier molecular flexibility index (Phi) is 5.80. The van der Waals surface area contributed by atoms with Crippen LogP contribution in [0, 0.1) is 5.92 Å². The second-order valence-corrected chi connectivity index (χ2v) is 5.97. The van der Waals surface area contributed by atoms with Crippen molar-refractivity contribution in [3.63, 3.8) is 0 Å². The summed E-state index contributed by atoms with van der Waals surface area (Å²) in [6.07, 6.45) is 0.252. The molecule has 0 aliphatic carbocycles. The maximum Gasteiger partial charge on any atom is 0.225 e. The lowest BCUT2D eigenvalue weighted by atomic mass is 10.1. The van der Waals surface area contributed by atoms with Gasteiger partial charge in [-0.3, -0.25) is 9.59 Å². The number of carbonyl (C=O) groups is 2. The molecule has 1 saturated heterocycles. The van der Waals surface area contributed by atoms with E-state index in [1.54, 1.807) is 18.1 Å². The highest BCUT2D eigenvalue weighted by Crippen LogP contribution is 2.21. The minimum Gasteiger partial charge on any atom is -0.383 e. The van der Waals surface area contributed by atoms with Crippen molar-refractivity contribution in [3.05, 3.63) is 34.9 Å². The van der Waals surface area contributed by atoms with E-state index in [1.807, 2.05) is 25.1 Å². The van der Waals surface area contributed by atoms with E-state index in [0.717, 1.165) is 5.56 Å². The molecule has 0 spiro atoms.